The van der Waals surface area contributed by atoms with Gasteiger partial charge in [0, 0.05) is 16.8 Å². The van der Waals surface area contributed by atoms with Crippen LogP contribution >= 0.6 is 0 Å². The molecule has 1 aromatic carbocycles. The molecule has 2 heterocycles. The molecule has 172 valence electrons. The summed E-state index contributed by atoms with van der Waals surface area (Å²) < 4.78 is 11.4. The Balaban J connectivity index is 0.00000113. The molecule has 3 rings (SSSR count). The van der Waals surface area contributed by atoms with Gasteiger partial charge < -0.3 is 14.8 Å². The number of rotatable bonds is 8. The number of aromatic amines is 1. The minimum atomic E-state index is -0.296. The molecule has 1 aliphatic heterocycles. The fraction of sp³-hybridized carbons (Fsp3) is 0.520. The molecule has 1 aliphatic rings. The second-order valence-corrected chi connectivity index (χ2v) is 6.51. The quantitative estimate of drug-likeness (QED) is 0.473. The van der Waals surface area contributed by atoms with Crippen molar-refractivity contribution in [1.29, 1.82) is 0 Å². The van der Waals surface area contributed by atoms with Crippen molar-refractivity contribution in [3.8, 4) is 5.75 Å². The summed E-state index contributed by atoms with van der Waals surface area (Å²) >= 11 is 0. The van der Waals surface area contributed by atoms with Crippen molar-refractivity contribution >= 4 is 11.8 Å². The van der Waals surface area contributed by atoms with Crippen LogP contribution in [0.2, 0.25) is 0 Å². The Morgan fingerprint density at radius 3 is 2.39 bits per heavy atom. The summed E-state index contributed by atoms with van der Waals surface area (Å²) in [7, 11) is 0. The van der Waals surface area contributed by atoms with E-state index in [9.17, 15) is 4.79 Å². The van der Waals surface area contributed by atoms with Crippen LogP contribution < -0.4 is 10.1 Å². The second-order valence-electron chi connectivity index (χ2n) is 6.51. The fourth-order valence-electron chi connectivity index (χ4n) is 3.44. The molecule has 2 aromatic rings. The summed E-state index contributed by atoms with van der Waals surface area (Å²) in [6.07, 6.45) is 4.35. The Hall–Kier alpha value is -2.76. The lowest BCUT2D eigenvalue weighted by Crippen LogP contribution is -2.25. The number of ether oxygens (including phenoxy) is 2. The molecule has 0 amide bonds. The Morgan fingerprint density at radius 1 is 1.03 bits per heavy atom. The average molecular weight is 430 g/mol. The fourth-order valence-corrected chi connectivity index (χ4v) is 3.44. The number of allylic oxidation sites excluding steroid dienone is 1. The summed E-state index contributed by atoms with van der Waals surface area (Å²) in [5.41, 5.74) is 3.39. The zero-order chi connectivity index (χ0) is 23.2. The van der Waals surface area contributed by atoms with E-state index in [4.69, 9.17) is 9.47 Å². The normalized spacial score (nSPS) is 14.2. The molecule has 0 aliphatic carbocycles. The van der Waals surface area contributed by atoms with Crippen molar-refractivity contribution in [3.05, 3.63) is 52.9 Å². The summed E-state index contributed by atoms with van der Waals surface area (Å²) in [6, 6.07) is 7.89. The minimum absolute atomic E-state index is 0.284. The summed E-state index contributed by atoms with van der Waals surface area (Å²) in [6.45, 7) is 14.9. The predicted octanol–water partition coefficient (Wildman–Crippen LogP) is 6.43. The van der Waals surface area contributed by atoms with Crippen molar-refractivity contribution in [2.24, 2.45) is 0 Å². The number of para-hydroxylation sites is 1. The van der Waals surface area contributed by atoms with Gasteiger partial charge in [-0.05, 0) is 25.8 Å². The van der Waals surface area contributed by atoms with Gasteiger partial charge in [0.15, 0.2) is 0 Å². The van der Waals surface area contributed by atoms with Crippen molar-refractivity contribution in [2.45, 2.75) is 73.6 Å². The van der Waals surface area contributed by atoms with E-state index >= 15 is 0 Å². The third-order valence-corrected chi connectivity index (χ3v) is 4.56. The number of nitrogens with one attached hydrogen (secondary N) is 2. The number of H-pyrrole nitrogens is 1. The van der Waals surface area contributed by atoms with E-state index in [2.05, 4.69) is 29.4 Å². The third-order valence-electron chi connectivity index (χ3n) is 4.56. The van der Waals surface area contributed by atoms with Gasteiger partial charge in [0.1, 0.15) is 11.6 Å². The molecule has 0 fully saturated rings. The topological polar surface area (TPSA) is 76.2 Å². The summed E-state index contributed by atoms with van der Waals surface area (Å²) in [5.74, 6) is 1.03. The Kier molecular flexibility index (Phi) is 12.1. The second kappa shape index (κ2) is 14.3. The van der Waals surface area contributed by atoms with Gasteiger partial charge in [-0.3, -0.25) is 5.10 Å². The van der Waals surface area contributed by atoms with Crippen molar-refractivity contribution in [3.63, 3.8) is 0 Å². The van der Waals surface area contributed by atoms with Crippen LogP contribution in [-0.4, -0.2) is 29.4 Å². The number of hydrogen-bond acceptors (Lipinski definition) is 5. The lowest BCUT2D eigenvalue weighted by Gasteiger charge is -2.29. The molecule has 0 saturated carbocycles. The number of nitrogens with zero attached hydrogens (tertiary/aromatic N) is 1. The van der Waals surface area contributed by atoms with E-state index in [1.807, 2.05) is 58.9 Å². The number of carbonyl (C=O) groups is 1. The highest BCUT2D eigenvalue weighted by atomic mass is 16.5. The van der Waals surface area contributed by atoms with Crippen LogP contribution in [0.4, 0.5) is 5.82 Å². The van der Waals surface area contributed by atoms with E-state index in [0.717, 1.165) is 47.7 Å². The van der Waals surface area contributed by atoms with Gasteiger partial charge in [0.2, 0.25) is 0 Å². The monoisotopic (exact) mass is 429 g/mol. The van der Waals surface area contributed by atoms with Crippen molar-refractivity contribution in [2.75, 3.05) is 18.5 Å². The number of hydrogen-bond donors (Lipinski definition) is 2. The van der Waals surface area contributed by atoms with Gasteiger partial charge in [-0.15, -0.1) is 0 Å². The highest BCUT2D eigenvalue weighted by Crippen LogP contribution is 2.45. The van der Waals surface area contributed by atoms with Crippen molar-refractivity contribution < 1.29 is 14.3 Å². The number of aromatic nitrogens is 2. The molecule has 1 unspecified atom stereocenters. The number of fused-ring (bicyclic) bond motifs is 1. The van der Waals surface area contributed by atoms with E-state index < -0.39 is 0 Å². The van der Waals surface area contributed by atoms with Gasteiger partial charge in [0.05, 0.1) is 30.9 Å². The first-order chi connectivity index (χ1) is 15.2. The smallest absolute Gasteiger partial charge is 0.336 e. The summed E-state index contributed by atoms with van der Waals surface area (Å²) in [4.78, 5) is 12.9. The number of carbonyl (C=O) groups excluding carboxylic acids is 1. The third kappa shape index (κ3) is 6.36. The largest absolute Gasteiger partial charge is 0.493 e. The van der Waals surface area contributed by atoms with Gasteiger partial charge in [-0.2, -0.15) is 5.10 Å². The van der Waals surface area contributed by atoms with Crippen molar-refractivity contribution in [1.82, 2.24) is 10.2 Å². The van der Waals surface area contributed by atoms with Gasteiger partial charge >= 0.3 is 5.97 Å². The van der Waals surface area contributed by atoms with Crippen LogP contribution in [0.15, 0.2) is 41.7 Å². The molecule has 1 atom stereocenters. The van der Waals surface area contributed by atoms with Gasteiger partial charge in [-0.1, -0.05) is 66.2 Å². The highest BCUT2D eigenvalue weighted by molar-refractivity contribution is 5.94. The predicted molar refractivity (Wildman–Crippen MR) is 128 cm³/mol. The molecule has 31 heavy (non-hydrogen) atoms. The van der Waals surface area contributed by atoms with E-state index in [-0.39, 0.29) is 11.9 Å². The first kappa shape index (κ1) is 26.3. The first-order valence-corrected chi connectivity index (χ1v) is 11.6. The molecule has 6 nitrogen and oxygen atoms in total. The lowest BCUT2D eigenvalue weighted by molar-refractivity contribution is -0.138. The number of esters is 1. The molecule has 2 N–H and O–H groups in total. The molecule has 1 aromatic heterocycles. The van der Waals surface area contributed by atoms with Gasteiger partial charge in [0.25, 0.3) is 0 Å². The maximum Gasteiger partial charge on any atom is 0.336 e. The summed E-state index contributed by atoms with van der Waals surface area (Å²) in [5, 5.41) is 10.6. The molecule has 0 spiro atoms. The molecule has 6 heteroatoms. The highest BCUT2D eigenvalue weighted by Gasteiger charge is 2.36. The maximum absolute atomic E-state index is 12.9. The maximum atomic E-state index is 12.9. The molecule has 0 radical (unpaired) electrons. The molecular formula is C25H39N3O3. The Bertz CT molecular complexity index is 827. The van der Waals surface area contributed by atoms with E-state index in [0.29, 0.717) is 18.8 Å². The van der Waals surface area contributed by atoms with Crippen LogP contribution in [0.3, 0.4) is 0 Å². The van der Waals surface area contributed by atoms with E-state index in [1.54, 1.807) is 6.20 Å². The Labute approximate surface area is 187 Å². The molecule has 0 bridgehead atoms. The zero-order valence-corrected chi connectivity index (χ0v) is 20.2. The minimum Gasteiger partial charge on any atom is -0.493 e. The standard InChI is InChI=1S/C21H27N3O3.2C2H6/c1-4-9-16-19(21(25)26-6-3)18(15-13-22-24-20(15)23-16)14-10-7-8-11-17(14)27-12-5-2;2*1-2/h7-8,10-11,13,18H,4-6,9,12H2,1-3H3,(H2,22,23,24);2*1-2H3. The van der Waals surface area contributed by atoms with Crippen LogP contribution in [0.1, 0.15) is 84.8 Å². The molecular weight excluding hydrogens is 390 g/mol. The van der Waals surface area contributed by atoms with E-state index in [1.165, 1.54) is 0 Å². The Morgan fingerprint density at radius 2 is 1.74 bits per heavy atom. The van der Waals surface area contributed by atoms with Crippen LogP contribution in [0.5, 0.6) is 5.75 Å². The van der Waals surface area contributed by atoms with Crippen LogP contribution in [-0.2, 0) is 9.53 Å². The number of benzene rings is 1. The van der Waals surface area contributed by atoms with Crippen LogP contribution in [0.25, 0.3) is 0 Å². The average Bonchev–Trinajstić information content (AvgIpc) is 3.28. The van der Waals surface area contributed by atoms with Gasteiger partial charge in [-0.25, -0.2) is 4.79 Å². The zero-order valence-electron chi connectivity index (χ0n) is 20.2. The molecule has 0 saturated heterocycles. The number of anilines is 1. The van der Waals surface area contributed by atoms with Crippen LogP contribution in [0, 0.1) is 0 Å². The SMILES string of the molecule is CC.CC.CCCOc1ccccc1C1C(C(=O)OCC)=C(CCC)Nc2[nH]ncc21. The first-order valence-electron chi connectivity index (χ1n) is 11.6. The lowest BCUT2D eigenvalue weighted by atomic mass is 9.81.